The number of allylic oxidation sites excluding steroid dienone is 6. The Balaban J connectivity index is 4.37. The van der Waals surface area contributed by atoms with E-state index in [0.29, 0.717) is 19.3 Å². The first-order valence-electron chi connectivity index (χ1n) is 23.5. The van der Waals surface area contributed by atoms with Gasteiger partial charge in [-0.3, -0.25) is 14.4 Å². The molecule has 0 N–H and O–H groups in total. The molecule has 0 saturated carbocycles. The smallest absolute Gasteiger partial charge is 0.306 e. The van der Waals surface area contributed by atoms with Crippen molar-refractivity contribution in [2.45, 2.75) is 245 Å². The van der Waals surface area contributed by atoms with E-state index in [1.54, 1.807) is 0 Å². The zero-order valence-electron chi connectivity index (χ0n) is 36.4. The molecular formula is C49H88O6. The van der Waals surface area contributed by atoms with E-state index >= 15 is 0 Å². The minimum Gasteiger partial charge on any atom is -0.462 e. The SMILES string of the molecule is CCCC/C=C\CCCCCCC(=O)OCC(COC(=O)CCCCCCCCC/C=C\CCCCCC)OC(=O)CCCCCCC/C=C\CCCCC. The zero-order valence-corrected chi connectivity index (χ0v) is 36.4. The lowest BCUT2D eigenvalue weighted by atomic mass is 10.1. The Kier molecular flexibility index (Phi) is 42.4. The Morgan fingerprint density at radius 3 is 1.00 bits per heavy atom. The Labute approximate surface area is 340 Å². The van der Waals surface area contributed by atoms with Crippen molar-refractivity contribution in [2.24, 2.45) is 0 Å². The molecule has 0 saturated heterocycles. The molecule has 0 rings (SSSR count). The molecule has 320 valence electrons. The van der Waals surface area contributed by atoms with Crippen molar-refractivity contribution in [3.05, 3.63) is 36.5 Å². The minimum absolute atomic E-state index is 0.0806. The third-order valence-electron chi connectivity index (χ3n) is 10.1. The van der Waals surface area contributed by atoms with Crippen LogP contribution in [0.5, 0.6) is 0 Å². The predicted molar refractivity (Wildman–Crippen MR) is 233 cm³/mol. The molecular weight excluding hydrogens is 685 g/mol. The molecule has 0 radical (unpaired) electrons. The summed E-state index contributed by atoms with van der Waals surface area (Å²) in [5, 5.41) is 0. The van der Waals surface area contributed by atoms with E-state index < -0.39 is 6.10 Å². The van der Waals surface area contributed by atoms with E-state index in [1.807, 2.05) is 0 Å². The Bertz CT molecular complexity index is 938. The molecule has 0 bridgehead atoms. The summed E-state index contributed by atoms with van der Waals surface area (Å²) < 4.78 is 16.7. The third kappa shape index (κ3) is 42.6. The highest BCUT2D eigenvalue weighted by molar-refractivity contribution is 5.71. The summed E-state index contributed by atoms with van der Waals surface area (Å²) in [4.78, 5) is 37.7. The summed E-state index contributed by atoms with van der Waals surface area (Å²) >= 11 is 0. The van der Waals surface area contributed by atoms with Gasteiger partial charge in [-0.15, -0.1) is 0 Å². The average molecular weight is 773 g/mol. The average Bonchev–Trinajstić information content (AvgIpc) is 3.18. The number of carbonyl (C=O) groups excluding carboxylic acids is 3. The van der Waals surface area contributed by atoms with Gasteiger partial charge in [-0.2, -0.15) is 0 Å². The number of esters is 3. The van der Waals surface area contributed by atoms with Crippen LogP contribution in [-0.2, 0) is 28.6 Å². The molecule has 0 aromatic heterocycles. The summed E-state index contributed by atoms with van der Waals surface area (Å²) in [5.74, 6) is -0.906. The minimum atomic E-state index is -0.778. The van der Waals surface area contributed by atoms with Crippen molar-refractivity contribution >= 4 is 17.9 Å². The quantitative estimate of drug-likeness (QED) is 0.0266. The van der Waals surface area contributed by atoms with Gasteiger partial charge in [-0.05, 0) is 89.9 Å². The molecule has 0 aliphatic carbocycles. The first-order valence-corrected chi connectivity index (χ1v) is 23.5. The van der Waals surface area contributed by atoms with E-state index in [2.05, 4.69) is 57.2 Å². The van der Waals surface area contributed by atoms with Crippen LogP contribution in [0.4, 0.5) is 0 Å². The van der Waals surface area contributed by atoms with Crippen LogP contribution in [0.3, 0.4) is 0 Å². The fraction of sp³-hybridized carbons (Fsp3) is 0.816. The monoisotopic (exact) mass is 773 g/mol. The topological polar surface area (TPSA) is 78.9 Å². The second kappa shape index (κ2) is 44.3. The van der Waals surface area contributed by atoms with E-state index in [9.17, 15) is 14.4 Å². The van der Waals surface area contributed by atoms with Crippen LogP contribution in [-0.4, -0.2) is 37.2 Å². The van der Waals surface area contributed by atoms with Crippen LogP contribution >= 0.6 is 0 Å². The molecule has 55 heavy (non-hydrogen) atoms. The lowest BCUT2D eigenvalue weighted by Crippen LogP contribution is -2.30. The van der Waals surface area contributed by atoms with Crippen LogP contribution in [0, 0.1) is 0 Å². The highest BCUT2D eigenvalue weighted by Gasteiger charge is 2.19. The van der Waals surface area contributed by atoms with Crippen LogP contribution in [0.15, 0.2) is 36.5 Å². The Morgan fingerprint density at radius 2 is 0.618 bits per heavy atom. The summed E-state index contributed by atoms with van der Waals surface area (Å²) in [6.45, 7) is 6.53. The van der Waals surface area contributed by atoms with Crippen molar-refractivity contribution in [1.82, 2.24) is 0 Å². The van der Waals surface area contributed by atoms with E-state index in [1.165, 1.54) is 109 Å². The normalized spacial score (nSPS) is 12.3. The van der Waals surface area contributed by atoms with Crippen molar-refractivity contribution in [1.29, 1.82) is 0 Å². The summed E-state index contributed by atoms with van der Waals surface area (Å²) in [6, 6.07) is 0. The van der Waals surface area contributed by atoms with Gasteiger partial charge in [0.2, 0.25) is 0 Å². The lowest BCUT2D eigenvalue weighted by molar-refractivity contribution is -0.167. The van der Waals surface area contributed by atoms with Gasteiger partial charge >= 0.3 is 17.9 Å². The van der Waals surface area contributed by atoms with E-state index in [-0.39, 0.29) is 31.1 Å². The largest absolute Gasteiger partial charge is 0.462 e. The highest BCUT2D eigenvalue weighted by Crippen LogP contribution is 2.14. The molecule has 0 aliphatic heterocycles. The van der Waals surface area contributed by atoms with Crippen LogP contribution in [0.2, 0.25) is 0 Å². The maximum absolute atomic E-state index is 12.7. The molecule has 0 aromatic rings. The molecule has 0 amide bonds. The molecule has 6 heteroatoms. The van der Waals surface area contributed by atoms with Gasteiger partial charge in [0.15, 0.2) is 6.10 Å². The van der Waals surface area contributed by atoms with Crippen molar-refractivity contribution in [2.75, 3.05) is 13.2 Å². The van der Waals surface area contributed by atoms with Crippen molar-refractivity contribution in [3.8, 4) is 0 Å². The summed E-state index contributed by atoms with van der Waals surface area (Å²) in [5.41, 5.74) is 0. The molecule has 1 atom stereocenters. The predicted octanol–water partition coefficient (Wildman–Crippen LogP) is 15.0. The number of hydrogen-bond donors (Lipinski definition) is 0. The van der Waals surface area contributed by atoms with Gasteiger partial charge < -0.3 is 14.2 Å². The number of rotatable bonds is 42. The molecule has 6 nitrogen and oxygen atoms in total. The van der Waals surface area contributed by atoms with Crippen molar-refractivity contribution < 1.29 is 28.6 Å². The Morgan fingerprint density at radius 1 is 0.345 bits per heavy atom. The van der Waals surface area contributed by atoms with Gasteiger partial charge in [0.1, 0.15) is 13.2 Å². The first kappa shape index (κ1) is 52.6. The lowest BCUT2D eigenvalue weighted by Gasteiger charge is -2.18. The second-order valence-electron chi connectivity index (χ2n) is 15.7. The fourth-order valence-electron chi connectivity index (χ4n) is 6.47. The number of unbranched alkanes of at least 4 members (excludes halogenated alkanes) is 25. The fourth-order valence-corrected chi connectivity index (χ4v) is 6.47. The van der Waals surface area contributed by atoms with Gasteiger partial charge in [0.05, 0.1) is 0 Å². The number of ether oxygens (including phenoxy) is 3. The van der Waals surface area contributed by atoms with Crippen LogP contribution in [0.25, 0.3) is 0 Å². The molecule has 0 aliphatic rings. The van der Waals surface area contributed by atoms with Gasteiger partial charge in [-0.1, -0.05) is 166 Å². The summed E-state index contributed by atoms with van der Waals surface area (Å²) in [7, 11) is 0. The maximum Gasteiger partial charge on any atom is 0.306 e. The van der Waals surface area contributed by atoms with E-state index in [4.69, 9.17) is 14.2 Å². The maximum atomic E-state index is 12.7. The van der Waals surface area contributed by atoms with Crippen LogP contribution in [0.1, 0.15) is 239 Å². The van der Waals surface area contributed by atoms with Gasteiger partial charge in [-0.25, -0.2) is 0 Å². The molecule has 0 fully saturated rings. The van der Waals surface area contributed by atoms with Gasteiger partial charge in [0.25, 0.3) is 0 Å². The van der Waals surface area contributed by atoms with Crippen molar-refractivity contribution in [3.63, 3.8) is 0 Å². The zero-order chi connectivity index (χ0) is 40.1. The van der Waals surface area contributed by atoms with E-state index in [0.717, 1.165) is 89.9 Å². The Hall–Kier alpha value is -2.37. The third-order valence-corrected chi connectivity index (χ3v) is 10.1. The standard InChI is InChI=1S/C49H88O6/c1-4-7-10-13-16-19-22-24-25-26-28-30-33-36-39-42-48(51)54-45-46(44-53-47(50)41-38-35-32-29-21-18-15-12-9-6-3)55-49(52)43-40-37-34-31-27-23-20-17-14-11-8-5-2/h15,17-20,22,46H,4-14,16,21,23-45H2,1-3H3/b18-15-,20-17-,22-19-. The molecule has 0 heterocycles. The first-order chi connectivity index (χ1) is 27.0. The van der Waals surface area contributed by atoms with Crippen LogP contribution < -0.4 is 0 Å². The highest BCUT2D eigenvalue weighted by atomic mass is 16.6. The molecule has 1 unspecified atom stereocenters. The number of hydrogen-bond acceptors (Lipinski definition) is 6. The molecule has 0 spiro atoms. The molecule has 0 aromatic carbocycles. The van der Waals surface area contributed by atoms with Gasteiger partial charge in [0, 0.05) is 19.3 Å². The number of carbonyl (C=O) groups is 3. The second-order valence-corrected chi connectivity index (χ2v) is 15.7. The summed E-state index contributed by atoms with van der Waals surface area (Å²) in [6.07, 6.45) is 49.8.